The van der Waals surface area contributed by atoms with Gasteiger partial charge >= 0.3 is 6.09 Å². The zero-order chi connectivity index (χ0) is 14.3. The van der Waals surface area contributed by atoms with Crippen LogP contribution < -0.4 is 0 Å². The van der Waals surface area contributed by atoms with Crippen molar-refractivity contribution >= 4 is 6.09 Å². The normalized spacial score (nSPS) is 13.6. The second kappa shape index (κ2) is 4.47. The molecule has 20 heavy (non-hydrogen) atoms. The molecule has 0 saturated carbocycles. The number of carbonyl (C=O) groups is 1. The van der Waals surface area contributed by atoms with Gasteiger partial charge in [-0.1, -0.05) is 24.3 Å². The van der Waals surface area contributed by atoms with Gasteiger partial charge < -0.3 is 4.74 Å². The minimum absolute atomic E-state index is 0.426. The van der Waals surface area contributed by atoms with E-state index in [0.29, 0.717) is 0 Å². The smallest absolute Gasteiger partial charge is 0.435 e. The lowest BCUT2D eigenvalue weighted by molar-refractivity contribution is 0.0515. The molecule has 0 saturated heterocycles. The number of hydrogen-bond donors (Lipinski definition) is 0. The van der Waals surface area contributed by atoms with E-state index in [9.17, 15) is 4.79 Å². The molecule has 0 bridgehead atoms. The fourth-order valence-corrected chi connectivity index (χ4v) is 2.46. The number of aromatic nitrogens is 2. The number of fused-ring (bicyclic) bond motifs is 3. The third-order valence-electron chi connectivity index (χ3n) is 3.31. The van der Waals surface area contributed by atoms with Crippen LogP contribution in [0.15, 0.2) is 30.5 Å². The Kier molecular flexibility index (Phi) is 2.89. The Balaban J connectivity index is 1.97. The van der Waals surface area contributed by atoms with Crippen molar-refractivity contribution in [2.75, 3.05) is 0 Å². The van der Waals surface area contributed by atoms with Gasteiger partial charge in [0.15, 0.2) is 0 Å². The molecule has 1 aliphatic carbocycles. The lowest BCUT2D eigenvalue weighted by Crippen LogP contribution is -2.27. The molecule has 0 spiro atoms. The third kappa shape index (κ3) is 2.33. The van der Waals surface area contributed by atoms with Gasteiger partial charge in [0.1, 0.15) is 5.60 Å². The second-order valence-electron chi connectivity index (χ2n) is 6.09. The third-order valence-corrected chi connectivity index (χ3v) is 3.31. The molecule has 0 N–H and O–H groups in total. The largest absolute Gasteiger partial charge is 0.442 e. The minimum atomic E-state index is -0.512. The van der Waals surface area contributed by atoms with Crippen LogP contribution in [-0.2, 0) is 17.6 Å². The molecule has 1 aromatic heterocycles. The summed E-state index contributed by atoms with van der Waals surface area (Å²) in [4.78, 5) is 12.1. The zero-order valence-electron chi connectivity index (χ0n) is 12.0. The SMILES string of the molecule is CC(C)(C)OC(=O)n1cc2c(n1)-c1ccccc1CC2. The van der Waals surface area contributed by atoms with Crippen molar-refractivity contribution in [1.82, 2.24) is 9.78 Å². The Morgan fingerprint density at radius 2 is 1.90 bits per heavy atom. The van der Waals surface area contributed by atoms with Gasteiger partial charge in [-0.15, -0.1) is 0 Å². The van der Waals surface area contributed by atoms with Gasteiger partial charge in [0.25, 0.3) is 0 Å². The lowest BCUT2D eigenvalue weighted by Gasteiger charge is -2.18. The maximum Gasteiger partial charge on any atom is 0.435 e. The summed E-state index contributed by atoms with van der Waals surface area (Å²) in [5.74, 6) is 0. The highest BCUT2D eigenvalue weighted by Gasteiger charge is 2.23. The van der Waals surface area contributed by atoms with Gasteiger partial charge in [0, 0.05) is 11.8 Å². The topological polar surface area (TPSA) is 44.1 Å². The maximum absolute atomic E-state index is 12.1. The molecule has 2 aromatic rings. The van der Waals surface area contributed by atoms with Gasteiger partial charge in [-0.3, -0.25) is 0 Å². The molecule has 0 unspecified atom stereocenters. The Labute approximate surface area is 118 Å². The van der Waals surface area contributed by atoms with Crippen LogP contribution in [0.25, 0.3) is 11.3 Å². The number of ether oxygens (including phenoxy) is 1. The second-order valence-corrected chi connectivity index (χ2v) is 6.09. The summed E-state index contributed by atoms with van der Waals surface area (Å²) in [6, 6.07) is 8.21. The van der Waals surface area contributed by atoms with E-state index < -0.39 is 11.7 Å². The van der Waals surface area contributed by atoms with Gasteiger partial charge in [0.05, 0.1) is 5.69 Å². The van der Waals surface area contributed by atoms with Gasteiger partial charge in [0.2, 0.25) is 0 Å². The Hall–Kier alpha value is -2.10. The van der Waals surface area contributed by atoms with Crippen LogP contribution in [0.2, 0.25) is 0 Å². The summed E-state index contributed by atoms with van der Waals surface area (Å²) in [6.07, 6.45) is 3.27. The van der Waals surface area contributed by atoms with Crippen molar-refractivity contribution in [3.05, 3.63) is 41.6 Å². The van der Waals surface area contributed by atoms with Gasteiger partial charge in [-0.2, -0.15) is 9.78 Å². The Morgan fingerprint density at radius 3 is 2.65 bits per heavy atom. The molecule has 104 valence electrons. The van der Waals surface area contributed by atoms with Crippen molar-refractivity contribution < 1.29 is 9.53 Å². The van der Waals surface area contributed by atoms with Gasteiger partial charge in [-0.25, -0.2) is 4.79 Å². The number of hydrogen-bond acceptors (Lipinski definition) is 3. The molecule has 3 rings (SSSR count). The minimum Gasteiger partial charge on any atom is -0.442 e. The predicted molar refractivity (Wildman–Crippen MR) is 76.7 cm³/mol. The molecular weight excluding hydrogens is 252 g/mol. The molecule has 0 amide bonds. The van der Waals surface area contributed by atoms with Crippen molar-refractivity contribution in [3.63, 3.8) is 0 Å². The molecule has 0 aliphatic heterocycles. The number of carbonyl (C=O) groups excluding carboxylic acids is 1. The zero-order valence-corrected chi connectivity index (χ0v) is 12.0. The molecule has 0 radical (unpaired) electrons. The molecule has 0 fully saturated rings. The van der Waals surface area contributed by atoms with Crippen molar-refractivity contribution in [3.8, 4) is 11.3 Å². The quantitative estimate of drug-likeness (QED) is 0.736. The lowest BCUT2D eigenvalue weighted by atomic mass is 9.91. The summed E-state index contributed by atoms with van der Waals surface area (Å²) in [6.45, 7) is 5.55. The molecule has 1 aliphatic rings. The fraction of sp³-hybridized carbons (Fsp3) is 0.375. The number of benzene rings is 1. The fourth-order valence-electron chi connectivity index (χ4n) is 2.46. The molecule has 4 heteroatoms. The van der Waals surface area contributed by atoms with Crippen molar-refractivity contribution in [1.29, 1.82) is 0 Å². The van der Waals surface area contributed by atoms with Crippen LogP contribution in [0.1, 0.15) is 31.9 Å². The van der Waals surface area contributed by atoms with Crippen LogP contribution in [0.5, 0.6) is 0 Å². The first-order valence-corrected chi connectivity index (χ1v) is 6.84. The predicted octanol–water partition coefficient (Wildman–Crippen LogP) is 3.43. The highest BCUT2D eigenvalue weighted by molar-refractivity contribution is 5.75. The van der Waals surface area contributed by atoms with Crippen LogP contribution >= 0.6 is 0 Å². The summed E-state index contributed by atoms with van der Waals surface area (Å²) in [7, 11) is 0. The van der Waals surface area contributed by atoms with Gasteiger partial charge in [-0.05, 0) is 44.7 Å². The standard InChI is InChI=1S/C16H18N2O2/c1-16(2,3)20-15(19)18-10-12-9-8-11-6-4-5-7-13(11)14(12)17-18/h4-7,10H,8-9H2,1-3H3. The van der Waals surface area contributed by atoms with E-state index in [-0.39, 0.29) is 0 Å². The summed E-state index contributed by atoms with van der Waals surface area (Å²) in [5.41, 5.74) is 3.90. The summed E-state index contributed by atoms with van der Waals surface area (Å²) in [5, 5.41) is 4.42. The summed E-state index contributed by atoms with van der Waals surface area (Å²) < 4.78 is 6.67. The number of aryl methyl sites for hydroxylation is 2. The van der Waals surface area contributed by atoms with E-state index in [2.05, 4.69) is 17.2 Å². The molecular formula is C16H18N2O2. The number of rotatable bonds is 0. The summed E-state index contributed by atoms with van der Waals surface area (Å²) >= 11 is 0. The highest BCUT2D eigenvalue weighted by Crippen LogP contribution is 2.32. The molecule has 4 nitrogen and oxygen atoms in total. The van der Waals surface area contributed by atoms with E-state index >= 15 is 0 Å². The van der Waals surface area contributed by atoms with E-state index in [1.807, 2.05) is 32.9 Å². The Bertz CT molecular complexity index is 665. The Morgan fingerprint density at radius 1 is 1.20 bits per heavy atom. The van der Waals surface area contributed by atoms with E-state index in [0.717, 1.165) is 29.7 Å². The van der Waals surface area contributed by atoms with E-state index in [1.165, 1.54) is 10.2 Å². The average Bonchev–Trinajstić information content (AvgIpc) is 2.81. The molecule has 1 heterocycles. The molecule has 0 atom stereocenters. The molecule has 1 aromatic carbocycles. The first-order valence-electron chi connectivity index (χ1n) is 6.84. The van der Waals surface area contributed by atoms with Crippen LogP contribution in [0.3, 0.4) is 0 Å². The van der Waals surface area contributed by atoms with E-state index in [4.69, 9.17) is 4.74 Å². The first-order chi connectivity index (χ1) is 9.44. The monoisotopic (exact) mass is 270 g/mol. The van der Waals surface area contributed by atoms with Crippen LogP contribution in [-0.4, -0.2) is 21.5 Å². The first kappa shape index (κ1) is 12.9. The number of nitrogens with zero attached hydrogens (tertiary/aromatic N) is 2. The van der Waals surface area contributed by atoms with Crippen LogP contribution in [0, 0.1) is 0 Å². The van der Waals surface area contributed by atoms with Crippen molar-refractivity contribution in [2.24, 2.45) is 0 Å². The highest BCUT2D eigenvalue weighted by atomic mass is 16.6. The van der Waals surface area contributed by atoms with Crippen molar-refractivity contribution in [2.45, 2.75) is 39.2 Å². The van der Waals surface area contributed by atoms with Crippen LogP contribution in [0.4, 0.5) is 4.79 Å². The van der Waals surface area contributed by atoms with E-state index in [1.54, 1.807) is 6.20 Å². The maximum atomic E-state index is 12.1. The average molecular weight is 270 g/mol.